The molecule has 2 atom stereocenters. The lowest BCUT2D eigenvalue weighted by molar-refractivity contribution is -0.123. The number of hydrogen-bond donors (Lipinski definition) is 2. The molecule has 4 nitrogen and oxygen atoms in total. The molecule has 4 heteroatoms. The van der Waals surface area contributed by atoms with Crippen LogP contribution in [-0.2, 0) is 9.53 Å². The first kappa shape index (κ1) is 11.9. The van der Waals surface area contributed by atoms with Gasteiger partial charge in [-0.1, -0.05) is 6.92 Å². The first-order chi connectivity index (χ1) is 7.69. The summed E-state index contributed by atoms with van der Waals surface area (Å²) in [6.45, 7) is 3.83. The first-order valence-corrected chi connectivity index (χ1v) is 6.23. The van der Waals surface area contributed by atoms with Gasteiger partial charge in [-0.2, -0.15) is 0 Å². The van der Waals surface area contributed by atoms with Gasteiger partial charge in [-0.3, -0.25) is 4.79 Å². The van der Waals surface area contributed by atoms with Gasteiger partial charge in [0.05, 0.1) is 12.1 Å². The average Bonchev–Trinajstić information content (AvgIpc) is 2.94. The van der Waals surface area contributed by atoms with Crippen LogP contribution in [0.25, 0.3) is 0 Å². The molecule has 2 aliphatic rings. The van der Waals surface area contributed by atoms with Crippen LogP contribution in [0.5, 0.6) is 0 Å². The second-order valence-electron chi connectivity index (χ2n) is 5.13. The zero-order valence-electron chi connectivity index (χ0n) is 10.2. The molecule has 2 fully saturated rings. The van der Waals surface area contributed by atoms with Crippen molar-refractivity contribution in [1.29, 1.82) is 0 Å². The molecule has 0 aromatic rings. The van der Waals surface area contributed by atoms with Gasteiger partial charge in [0.15, 0.2) is 0 Å². The minimum atomic E-state index is -0.0578. The smallest absolute Gasteiger partial charge is 0.237 e. The van der Waals surface area contributed by atoms with E-state index in [1.807, 2.05) is 0 Å². The highest BCUT2D eigenvalue weighted by atomic mass is 16.5. The molecular weight excluding hydrogens is 204 g/mol. The van der Waals surface area contributed by atoms with Crippen LogP contribution < -0.4 is 10.6 Å². The number of carbonyl (C=O) groups excluding carboxylic acids is 1. The van der Waals surface area contributed by atoms with Crippen molar-refractivity contribution in [3.63, 3.8) is 0 Å². The molecule has 2 unspecified atom stereocenters. The van der Waals surface area contributed by atoms with Gasteiger partial charge in [-0.15, -0.1) is 0 Å². The van der Waals surface area contributed by atoms with Crippen LogP contribution in [0.2, 0.25) is 0 Å². The van der Waals surface area contributed by atoms with E-state index in [0.717, 1.165) is 19.5 Å². The molecule has 2 rings (SSSR count). The van der Waals surface area contributed by atoms with Crippen molar-refractivity contribution in [2.45, 2.75) is 44.8 Å². The van der Waals surface area contributed by atoms with Crippen molar-refractivity contribution in [3.05, 3.63) is 0 Å². The van der Waals surface area contributed by atoms with E-state index in [1.54, 1.807) is 7.11 Å². The highest BCUT2D eigenvalue weighted by Gasteiger charge is 2.41. The van der Waals surface area contributed by atoms with Gasteiger partial charge in [0.1, 0.15) is 0 Å². The molecule has 1 saturated carbocycles. The average molecular weight is 226 g/mol. The zero-order valence-corrected chi connectivity index (χ0v) is 10.2. The van der Waals surface area contributed by atoms with Crippen LogP contribution in [0.4, 0.5) is 0 Å². The molecule has 0 aromatic carbocycles. The van der Waals surface area contributed by atoms with Gasteiger partial charge in [-0.25, -0.2) is 0 Å². The summed E-state index contributed by atoms with van der Waals surface area (Å²) in [5, 5.41) is 6.26. The molecule has 1 amide bonds. The van der Waals surface area contributed by atoms with Crippen LogP contribution in [0, 0.1) is 5.41 Å². The Morgan fingerprint density at radius 3 is 2.81 bits per heavy atom. The fraction of sp³-hybridized carbons (Fsp3) is 0.917. The normalized spacial score (nSPS) is 31.4. The van der Waals surface area contributed by atoms with E-state index in [2.05, 4.69) is 17.6 Å². The molecule has 1 aliphatic carbocycles. The number of hydrogen-bond acceptors (Lipinski definition) is 3. The predicted molar refractivity (Wildman–Crippen MR) is 62.2 cm³/mol. The Labute approximate surface area is 97.1 Å². The van der Waals surface area contributed by atoms with Gasteiger partial charge in [-0.05, 0) is 31.1 Å². The van der Waals surface area contributed by atoms with Gasteiger partial charge < -0.3 is 15.4 Å². The van der Waals surface area contributed by atoms with Crippen LogP contribution in [0.15, 0.2) is 0 Å². The Kier molecular flexibility index (Phi) is 3.50. The Bertz CT molecular complexity index is 264. The topological polar surface area (TPSA) is 50.4 Å². The SMILES string of the molecule is CCC1(CNC(=O)C2CC(OC)CN2)CC1. The molecule has 0 spiro atoms. The second-order valence-corrected chi connectivity index (χ2v) is 5.13. The molecule has 2 N–H and O–H groups in total. The number of methoxy groups -OCH3 is 1. The van der Waals surface area contributed by atoms with Gasteiger partial charge in [0, 0.05) is 20.2 Å². The van der Waals surface area contributed by atoms with Crippen molar-refractivity contribution < 1.29 is 9.53 Å². The fourth-order valence-electron chi connectivity index (χ4n) is 2.31. The maximum Gasteiger partial charge on any atom is 0.237 e. The van der Waals surface area contributed by atoms with E-state index in [-0.39, 0.29) is 18.1 Å². The van der Waals surface area contributed by atoms with E-state index in [9.17, 15) is 4.79 Å². The van der Waals surface area contributed by atoms with Crippen LogP contribution in [-0.4, -0.2) is 38.3 Å². The molecule has 1 heterocycles. The third kappa shape index (κ3) is 2.55. The fourth-order valence-corrected chi connectivity index (χ4v) is 2.31. The van der Waals surface area contributed by atoms with Crippen molar-refractivity contribution in [3.8, 4) is 0 Å². The Hall–Kier alpha value is -0.610. The maximum atomic E-state index is 11.9. The van der Waals surface area contributed by atoms with Crippen molar-refractivity contribution in [1.82, 2.24) is 10.6 Å². The number of nitrogens with one attached hydrogen (secondary N) is 2. The Morgan fingerprint density at radius 1 is 1.56 bits per heavy atom. The first-order valence-electron chi connectivity index (χ1n) is 6.23. The van der Waals surface area contributed by atoms with Crippen molar-refractivity contribution in [2.24, 2.45) is 5.41 Å². The van der Waals surface area contributed by atoms with Gasteiger partial charge >= 0.3 is 0 Å². The number of amides is 1. The maximum absolute atomic E-state index is 11.9. The van der Waals surface area contributed by atoms with Crippen molar-refractivity contribution >= 4 is 5.91 Å². The number of carbonyl (C=O) groups is 1. The molecule has 0 bridgehead atoms. The summed E-state index contributed by atoms with van der Waals surface area (Å²) in [5.41, 5.74) is 0.426. The van der Waals surface area contributed by atoms with Crippen LogP contribution >= 0.6 is 0 Å². The summed E-state index contributed by atoms with van der Waals surface area (Å²) in [5.74, 6) is 0.138. The number of ether oxygens (including phenoxy) is 1. The minimum absolute atomic E-state index is 0.0578. The van der Waals surface area contributed by atoms with E-state index in [1.165, 1.54) is 19.3 Å². The lowest BCUT2D eigenvalue weighted by Crippen LogP contribution is -2.42. The predicted octanol–water partition coefficient (Wildman–Crippen LogP) is 0.670. The summed E-state index contributed by atoms with van der Waals surface area (Å²) in [4.78, 5) is 11.9. The van der Waals surface area contributed by atoms with E-state index in [4.69, 9.17) is 4.74 Å². The zero-order chi connectivity index (χ0) is 11.6. The highest BCUT2D eigenvalue weighted by Crippen LogP contribution is 2.47. The third-order valence-electron chi connectivity index (χ3n) is 4.09. The highest BCUT2D eigenvalue weighted by molar-refractivity contribution is 5.82. The summed E-state index contributed by atoms with van der Waals surface area (Å²) in [7, 11) is 1.70. The molecule has 0 radical (unpaired) electrons. The van der Waals surface area contributed by atoms with Crippen LogP contribution in [0.3, 0.4) is 0 Å². The monoisotopic (exact) mass is 226 g/mol. The quantitative estimate of drug-likeness (QED) is 0.724. The summed E-state index contributed by atoms with van der Waals surface area (Å²) in [6.07, 6.45) is 4.69. The largest absolute Gasteiger partial charge is 0.380 e. The van der Waals surface area contributed by atoms with Crippen molar-refractivity contribution in [2.75, 3.05) is 20.2 Å². The second kappa shape index (κ2) is 4.72. The summed E-state index contributed by atoms with van der Waals surface area (Å²) >= 11 is 0. The summed E-state index contributed by atoms with van der Waals surface area (Å²) < 4.78 is 5.23. The molecule has 1 aliphatic heterocycles. The number of rotatable bonds is 5. The third-order valence-corrected chi connectivity index (χ3v) is 4.09. The lowest BCUT2D eigenvalue weighted by Gasteiger charge is -2.16. The van der Waals surface area contributed by atoms with Gasteiger partial charge in [0.25, 0.3) is 0 Å². The molecule has 92 valence electrons. The van der Waals surface area contributed by atoms with Crippen LogP contribution in [0.1, 0.15) is 32.6 Å². The van der Waals surface area contributed by atoms with E-state index < -0.39 is 0 Å². The minimum Gasteiger partial charge on any atom is -0.380 e. The standard InChI is InChI=1S/C12H22N2O2/c1-3-12(4-5-12)8-14-11(15)10-6-9(16-2)7-13-10/h9-10,13H,3-8H2,1-2H3,(H,14,15). The van der Waals surface area contributed by atoms with Gasteiger partial charge in [0.2, 0.25) is 5.91 Å². The van der Waals surface area contributed by atoms with E-state index in [0.29, 0.717) is 5.41 Å². The molecular formula is C12H22N2O2. The van der Waals surface area contributed by atoms with E-state index >= 15 is 0 Å². The molecule has 16 heavy (non-hydrogen) atoms. The lowest BCUT2D eigenvalue weighted by atomic mass is 10.0. The Morgan fingerprint density at radius 2 is 2.31 bits per heavy atom. The Balaban J connectivity index is 1.72. The molecule has 1 saturated heterocycles. The summed E-state index contributed by atoms with van der Waals surface area (Å²) in [6, 6.07) is -0.0578. The molecule has 0 aromatic heterocycles.